The average molecular weight is 590 g/mol. The van der Waals surface area contributed by atoms with Gasteiger partial charge in [-0.3, -0.25) is 14.5 Å². The SMILES string of the molecule is CCOc1ccc(/C(O)=C2/C(=O)C(=O)N(c3nnc(SCc4ccccc4)s3)C2c2ccc(OC)c(OC)c2)cc1. The van der Waals surface area contributed by atoms with E-state index in [9.17, 15) is 14.7 Å². The average Bonchev–Trinajstić information content (AvgIpc) is 3.58. The molecule has 1 aliphatic rings. The molecule has 1 atom stereocenters. The molecule has 0 aliphatic carbocycles. The lowest BCUT2D eigenvalue weighted by Gasteiger charge is -2.23. The number of rotatable bonds is 10. The van der Waals surface area contributed by atoms with Crippen LogP contribution in [0, 0.1) is 0 Å². The standard InChI is InChI=1S/C30H27N3O6S2/c1-4-39-21-13-10-19(11-14-21)26(34)24-25(20-12-15-22(37-2)23(16-20)38-3)33(28(36)27(24)35)29-31-32-30(41-29)40-17-18-8-6-5-7-9-18/h5-16,25,34H,4,17H2,1-3H3/b26-24-. The summed E-state index contributed by atoms with van der Waals surface area (Å²) in [5.41, 5.74) is 1.95. The molecule has 0 saturated carbocycles. The molecule has 1 saturated heterocycles. The molecule has 2 heterocycles. The van der Waals surface area contributed by atoms with Crippen LogP contribution in [-0.4, -0.2) is 47.8 Å². The summed E-state index contributed by atoms with van der Waals surface area (Å²) in [6.45, 7) is 2.36. The predicted octanol–water partition coefficient (Wildman–Crippen LogP) is 5.87. The molecule has 3 aromatic carbocycles. The molecule has 0 spiro atoms. The fourth-order valence-electron chi connectivity index (χ4n) is 4.48. The Morgan fingerprint density at radius 3 is 2.39 bits per heavy atom. The van der Waals surface area contributed by atoms with E-state index in [4.69, 9.17) is 14.2 Å². The number of Topliss-reactive ketones (excluding diaryl/α,β-unsaturated/α-hetero) is 1. The molecular weight excluding hydrogens is 562 g/mol. The van der Waals surface area contributed by atoms with E-state index in [-0.39, 0.29) is 16.5 Å². The molecule has 1 aliphatic heterocycles. The largest absolute Gasteiger partial charge is 0.507 e. The van der Waals surface area contributed by atoms with E-state index >= 15 is 0 Å². The van der Waals surface area contributed by atoms with Gasteiger partial charge < -0.3 is 19.3 Å². The number of ether oxygens (including phenoxy) is 3. The Kier molecular flexibility index (Phi) is 8.55. The van der Waals surface area contributed by atoms with Gasteiger partial charge in [-0.2, -0.15) is 0 Å². The van der Waals surface area contributed by atoms with E-state index in [2.05, 4.69) is 10.2 Å². The van der Waals surface area contributed by atoms with Crippen molar-refractivity contribution >= 4 is 45.7 Å². The molecule has 0 radical (unpaired) electrons. The van der Waals surface area contributed by atoms with E-state index in [0.717, 1.165) is 5.56 Å². The molecule has 5 rings (SSSR count). The molecule has 41 heavy (non-hydrogen) atoms. The first-order valence-electron chi connectivity index (χ1n) is 12.7. The van der Waals surface area contributed by atoms with Crippen molar-refractivity contribution in [2.24, 2.45) is 0 Å². The Hall–Kier alpha value is -4.35. The fourth-order valence-corrected chi connectivity index (χ4v) is 6.30. The third-order valence-electron chi connectivity index (χ3n) is 6.41. The second-order valence-corrected chi connectivity index (χ2v) is 11.0. The Morgan fingerprint density at radius 2 is 1.71 bits per heavy atom. The van der Waals surface area contributed by atoms with Crippen LogP contribution in [0.5, 0.6) is 17.2 Å². The van der Waals surface area contributed by atoms with Crippen LogP contribution in [0.25, 0.3) is 5.76 Å². The molecule has 9 nitrogen and oxygen atoms in total. The van der Waals surface area contributed by atoms with Crippen molar-refractivity contribution in [3.05, 3.63) is 95.1 Å². The van der Waals surface area contributed by atoms with Crippen LogP contribution in [0.15, 0.2) is 82.7 Å². The lowest BCUT2D eigenvalue weighted by molar-refractivity contribution is -0.132. The fraction of sp³-hybridized carbons (Fsp3) is 0.200. The zero-order valence-electron chi connectivity index (χ0n) is 22.6. The van der Waals surface area contributed by atoms with Gasteiger partial charge in [0.05, 0.1) is 32.4 Å². The summed E-state index contributed by atoms with van der Waals surface area (Å²) in [4.78, 5) is 28.3. The van der Waals surface area contributed by atoms with Crippen molar-refractivity contribution in [3.63, 3.8) is 0 Å². The number of benzene rings is 3. The molecule has 0 bridgehead atoms. The summed E-state index contributed by atoms with van der Waals surface area (Å²) < 4.78 is 17.0. The van der Waals surface area contributed by atoms with E-state index in [1.165, 1.54) is 42.2 Å². The van der Waals surface area contributed by atoms with Crippen molar-refractivity contribution in [1.29, 1.82) is 0 Å². The molecule has 1 unspecified atom stereocenters. The van der Waals surface area contributed by atoms with E-state index < -0.39 is 17.7 Å². The van der Waals surface area contributed by atoms with Crippen LogP contribution in [0.4, 0.5) is 5.13 Å². The number of amides is 1. The monoisotopic (exact) mass is 589 g/mol. The third kappa shape index (κ3) is 5.77. The number of methoxy groups -OCH3 is 2. The maximum absolute atomic E-state index is 13.5. The first-order chi connectivity index (χ1) is 19.9. The van der Waals surface area contributed by atoms with Crippen molar-refractivity contribution in [2.45, 2.75) is 23.1 Å². The van der Waals surface area contributed by atoms with Crippen molar-refractivity contribution in [3.8, 4) is 17.2 Å². The Balaban J connectivity index is 1.57. The summed E-state index contributed by atoms with van der Waals surface area (Å²) in [6.07, 6.45) is 0. The number of carbonyl (C=O) groups excluding carboxylic acids is 2. The Labute approximate surface area is 245 Å². The molecule has 1 aromatic heterocycles. The highest BCUT2D eigenvalue weighted by Crippen LogP contribution is 2.45. The van der Waals surface area contributed by atoms with Gasteiger partial charge in [0.2, 0.25) is 5.13 Å². The summed E-state index contributed by atoms with van der Waals surface area (Å²) >= 11 is 2.69. The number of anilines is 1. The molecule has 1 fully saturated rings. The molecule has 11 heteroatoms. The summed E-state index contributed by atoms with van der Waals surface area (Å²) in [6, 6.07) is 20.7. The number of carbonyl (C=O) groups is 2. The minimum atomic E-state index is -0.985. The van der Waals surface area contributed by atoms with Crippen LogP contribution in [0.2, 0.25) is 0 Å². The van der Waals surface area contributed by atoms with Crippen molar-refractivity contribution in [1.82, 2.24) is 10.2 Å². The highest BCUT2D eigenvalue weighted by molar-refractivity contribution is 8.00. The maximum atomic E-state index is 13.5. The predicted molar refractivity (Wildman–Crippen MR) is 158 cm³/mol. The first-order valence-corrected chi connectivity index (χ1v) is 14.5. The highest BCUT2D eigenvalue weighted by atomic mass is 32.2. The van der Waals surface area contributed by atoms with Crippen LogP contribution >= 0.6 is 23.1 Å². The topological polar surface area (TPSA) is 111 Å². The van der Waals surface area contributed by atoms with Gasteiger partial charge >= 0.3 is 5.91 Å². The molecule has 210 valence electrons. The van der Waals surface area contributed by atoms with Gasteiger partial charge in [-0.15, -0.1) is 10.2 Å². The van der Waals surface area contributed by atoms with Gasteiger partial charge in [-0.25, -0.2) is 0 Å². The van der Waals surface area contributed by atoms with Gasteiger partial charge in [0.1, 0.15) is 11.5 Å². The van der Waals surface area contributed by atoms with E-state index in [0.29, 0.717) is 45.1 Å². The van der Waals surface area contributed by atoms with Crippen molar-refractivity contribution < 1.29 is 28.9 Å². The number of hydrogen-bond donors (Lipinski definition) is 1. The highest BCUT2D eigenvalue weighted by Gasteiger charge is 2.48. The molecule has 4 aromatic rings. The number of ketones is 1. The summed E-state index contributed by atoms with van der Waals surface area (Å²) in [7, 11) is 3.02. The second kappa shape index (κ2) is 12.4. The Bertz CT molecular complexity index is 1590. The molecule has 1 N–H and O–H groups in total. The van der Waals surface area contributed by atoms with Gasteiger partial charge in [0.25, 0.3) is 5.78 Å². The Morgan fingerprint density at radius 1 is 0.976 bits per heavy atom. The normalized spacial score (nSPS) is 16.2. The number of hydrogen-bond acceptors (Lipinski definition) is 10. The lowest BCUT2D eigenvalue weighted by Crippen LogP contribution is -2.29. The number of aliphatic hydroxyl groups excluding tert-OH is 1. The first kappa shape index (κ1) is 28.2. The van der Waals surface area contributed by atoms with E-state index in [1.807, 2.05) is 37.3 Å². The zero-order valence-corrected chi connectivity index (χ0v) is 24.2. The molecular formula is C30H27N3O6S2. The second-order valence-electron chi connectivity index (χ2n) is 8.87. The van der Waals surface area contributed by atoms with Crippen LogP contribution in [0.1, 0.15) is 29.7 Å². The summed E-state index contributed by atoms with van der Waals surface area (Å²) in [5.74, 6) is 0.235. The number of thioether (sulfide) groups is 1. The molecule has 1 amide bonds. The van der Waals surface area contributed by atoms with Crippen LogP contribution in [0.3, 0.4) is 0 Å². The quantitative estimate of drug-likeness (QED) is 0.0798. The van der Waals surface area contributed by atoms with Crippen molar-refractivity contribution in [2.75, 3.05) is 25.7 Å². The smallest absolute Gasteiger partial charge is 0.301 e. The number of nitrogens with zero attached hydrogens (tertiary/aromatic N) is 3. The van der Waals surface area contributed by atoms with Gasteiger partial charge in [0, 0.05) is 11.3 Å². The van der Waals surface area contributed by atoms with Gasteiger partial charge in [-0.1, -0.05) is 59.5 Å². The van der Waals surface area contributed by atoms with Gasteiger partial charge in [0.15, 0.2) is 15.8 Å². The summed E-state index contributed by atoms with van der Waals surface area (Å²) in [5, 5.41) is 20.2. The van der Waals surface area contributed by atoms with E-state index in [1.54, 1.807) is 42.5 Å². The maximum Gasteiger partial charge on any atom is 0.301 e. The lowest BCUT2D eigenvalue weighted by atomic mass is 9.95. The van der Waals surface area contributed by atoms with Crippen LogP contribution < -0.4 is 19.1 Å². The third-order valence-corrected chi connectivity index (χ3v) is 8.54. The minimum absolute atomic E-state index is 0.0694. The zero-order chi connectivity index (χ0) is 28.9. The number of aromatic nitrogens is 2. The minimum Gasteiger partial charge on any atom is -0.507 e. The van der Waals surface area contributed by atoms with Crippen LogP contribution in [-0.2, 0) is 15.3 Å². The van der Waals surface area contributed by atoms with Gasteiger partial charge in [-0.05, 0) is 54.4 Å². The number of aliphatic hydroxyl groups is 1.